The first-order valence-corrected chi connectivity index (χ1v) is 12.6. The second kappa shape index (κ2) is 9.52. The lowest BCUT2D eigenvalue weighted by molar-refractivity contribution is 0.598. The maximum Gasteiger partial charge on any atom is 0.290 e. The van der Waals surface area contributed by atoms with E-state index in [2.05, 4.69) is 10.7 Å². The minimum Gasteiger partial charge on any atom is -0.239 e. The van der Waals surface area contributed by atoms with Gasteiger partial charge in [0, 0.05) is 5.41 Å². The summed E-state index contributed by atoms with van der Waals surface area (Å²) < 4.78 is 43.6. The van der Waals surface area contributed by atoms with Gasteiger partial charge in [0.1, 0.15) is 9.73 Å². The van der Waals surface area contributed by atoms with Crippen LogP contribution in [0.1, 0.15) is 50.7 Å². The molecule has 2 aromatic carbocycles. The average Bonchev–Trinajstić information content (AvgIpc) is 2.65. The number of aryl methyl sites for hydroxylation is 2. The lowest BCUT2D eigenvalue weighted by Gasteiger charge is -2.11. The number of hydrogen-bond donors (Lipinski definition) is 0. The number of hydrogen-bond acceptors (Lipinski definition) is 3. The molecule has 0 aliphatic rings. The highest BCUT2D eigenvalue weighted by molar-refractivity contribution is 8.05. The molecule has 0 radical (unpaired) electrons. The second-order valence-corrected chi connectivity index (χ2v) is 10.8. The zero-order valence-electron chi connectivity index (χ0n) is 17.0. The number of rotatable bonds is 8. The molecule has 0 aliphatic carbocycles. The van der Waals surface area contributed by atoms with Crippen molar-refractivity contribution in [3.8, 4) is 0 Å². The Morgan fingerprint density at radius 1 is 0.857 bits per heavy atom. The smallest absolute Gasteiger partial charge is 0.239 e. The van der Waals surface area contributed by atoms with E-state index >= 15 is 0 Å². The van der Waals surface area contributed by atoms with Gasteiger partial charge in [-0.1, -0.05) is 65.0 Å². The molecule has 0 heterocycles. The maximum atomic E-state index is 13.9. The monoisotopic (exact) mass is 419 g/mol. The van der Waals surface area contributed by atoms with E-state index in [9.17, 15) is 12.6 Å². The Kier molecular flexibility index (Phi) is 7.61. The number of benzene rings is 2. The maximum absolute atomic E-state index is 13.9. The summed E-state index contributed by atoms with van der Waals surface area (Å²) in [5.41, 5.74) is 2.93. The number of unbranched alkanes of at least 4 members (excludes halogenated alkanes) is 1. The summed E-state index contributed by atoms with van der Waals surface area (Å²) >= 11 is 0. The zero-order valence-corrected chi connectivity index (χ0v) is 18.6. The molecule has 0 bridgehead atoms. The second-order valence-electron chi connectivity index (χ2n) is 6.98. The van der Waals surface area contributed by atoms with Crippen LogP contribution in [0.5, 0.6) is 0 Å². The number of allylic oxidation sites excluding steroid dienone is 1. The molecule has 152 valence electrons. The van der Waals surface area contributed by atoms with E-state index in [4.69, 9.17) is 0 Å². The Balaban J connectivity index is 2.68. The van der Waals surface area contributed by atoms with Crippen molar-refractivity contribution in [2.75, 3.05) is 0 Å². The summed E-state index contributed by atoms with van der Waals surface area (Å²) in [6, 6.07) is 13.5. The molecule has 6 heteroatoms. The van der Waals surface area contributed by atoms with Crippen LogP contribution in [0.4, 0.5) is 0 Å². The third kappa shape index (κ3) is 5.79. The van der Waals surface area contributed by atoms with Gasteiger partial charge >= 0.3 is 0 Å². The van der Waals surface area contributed by atoms with Gasteiger partial charge < -0.3 is 0 Å². The summed E-state index contributed by atoms with van der Waals surface area (Å²) in [5.74, 6) is 0. The van der Waals surface area contributed by atoms with Gasteiger partial charge in [-0.2, -0.15) is 8.42 Å². The molecule has 0 aromatic heterocycles. The quantitative estimate of drug-likeness (QED) is 0.527. The topological polar surface area (TPSA) is 63.6 Å². The highest BCUT2D eigenvalue weighted by atomic mass is 32.3. The number of sulfonamides is 1. The highest BCUT2D eigenvalue weighted by Crippen LogP contribution is 2.25. The van der Waals surface area contributed by atoms with Crippen molar-refractivity contribution < 1.29 is 12.6 Å². The molecular weight excluding hydrogens is 390 g/mol. The predicted octanol–water partition coefficient (Wildman–Crippen LogP) is 6.00. The van der Waals surface area contributed by atoms with Gasteiger partial charge in [-0.3, -0.25) is 0 Å². The Morgan fingerprint density at radius 2 is 1.36 bits per heavy atom. The molecule has 0 amide bonds. The standard InChI is InChI=1S/C22H29NO3S2/c1-5-7-8-20(6-2)17-27(24,21-13-9-18(3)10-14-21)23-28(25,26)22-15-11-19(4)12-16-22/h9-17H,5-8H2,1-4H3/b20-17-/t27-/m0/s1. The highest BCUT2D eigenvalue weighted by Gasteiger charge is 2.20. The van der Waals surface area contributed by atoms with Crippen LogP contribution < -0.4 is 0 Å². The summed E-state index contributed by atoms with van der Waals surface area (Å²) in [5, 5.41) is 1.58. The molecule has 0 saturated heterocycles. The van der Waals surface area contributed by atoms with Gasteiger partial charge in [-0.05, 0) is 57.4 Å². The Labute approximate surface area is 169 Å². The van der Waals surface area contributed by atoms with E-state index in [-0.39, 0.29) is 4.90 Å². The fraction of sp³-hybridized carbons (Fsp3) is 0.364. The molecule has 0 aliphatic heterocycles. The lowest BCUT2D eigenvalue weighted by Crippen LogP contribution is -2.05. The lowest BCUT2D eigenvalue weighted by atomic mass is 10.1. The fourth-order valence-corrected chi connectivity index (χ4v) is 6.62. The van der Waals surface area contributed by atoms with Crippen molar-refractivity contribution in [1.82, 2.24) is 0 Å². The molecular formula is C22H29NO3S2. The van der Waals surface area contributed by atoms with Gasteiger partial charge in [0.15, 0.2) is 0 Å². The first-order valence-electron chi connectivity index (χ1n) is 9.56. The van der Waals surface area contributed by atoms with E-state index < -0.39 is 19.8 Å². The minimum absolute atomic E-state index is 0.0537. The summed E-state index contributed by atoms with van der Waals surface area (Å²) in [6.45, 7) is 7.90. The Bertz CT molecular complexity index is 1040. The molecule has 2 rings (SSSR count). The van der Waals surface area contributed by atoms with Gasteiger partial charge in [0.2, 0.25) is 0 Å². The van der Waals surface area contributed by atoms with Crippen molar-refractivity contribution in [2.24, 2.45) is 3.77 Å². The minimum atomic E-state index is -4.06. The number of nitrogens with zero attached hydrogens (tertiary/aromatic N) is 1. The van der Waals surface area contributed by atoms with Crippen LogP contribution in [0.2, 0.25) is 0 Å². The average molecular weight is 420 g/mol. The first-order chi connectivity index (χ1) is 13.2. The first kappa shape index (κ1) is 22.4. The third-order valence-corrected chi connectivity index (χ3v) is 8.66. The molecule has 0 fully saturated rings. The van der Waals surface area contributed by atoms with Crippen molar-refractivity contribution in [3.05, 3.63) is 70.6 Å². The van der Waals surface area contributed by atoms with E-state index in [0.717, 1.165) is 36.0 Å². The van der Waals surface area contributed by atoms with Gasteiger partial charge in [0.05, 0.1) is 9.79 Å². The molecule has 4 nitrogen and oxygen atoms in total. The molecule has 0 unspecified atom stereocenters. The SMILES string of the molecule is CCCC/C(=C\[S@@](=O)(=NS(=O)(=O)c1ccc(C)cc1)c1ccc(C)cc1)CC. The van der Waals surface area contributed by atoms with Gasteiger partial charge in [0.25, 0.3) is 10.0 Å². The molecule has 28 heavy (non-hydrogen) atoms. The van der Waals surface area contributed by atoms with E-state index in [1.54, 1.807) is 29.7 Å². The summed E-state index contributed by atoms with van der Waals surface area (Å²) in [7, 11) is -7.33. The van der Waals surface area contributed by atoms with E-state index in [1.807, 2.05) is 32.9 Å². The Morgan fingerprint density at radius 3 is 1.82 bits per heavy atom. The van der Waals surface area contributed by atoms with Crippen molar-refractivity contribution >= 4 is 19.8 Å². The van der Waals surface area contributed by atoms with Crippen LogP contribution in [0, 0.1) is 13.8 Å². The molecule has 0 N–H and O–H groups in total. The predicted molar refractivity (Wildman–Crippen MR) is 116 cm³/mol. The van der Waals surface area contributed by atoms with Gasteiger partial charge in [-0.25, -0.2) is 4.21 Å². The van der Waals surface area contributed by atoms with Crippen LogP contribution in [0.25, 0.3) is 0 Å². The largest absolute Gasteiger partial charge is 0.290 e. The van der Waals surface area contributed by atoms with Crippen LogP contribution in [0.15, 0.2) is 73.1 Å². The van der Waals surface area contributed by atoms with Crippen LogP contribution in [-0.4, -0.2) is 12.6 Å². The van der Waals surface area contributed by atoms with Crippen molar-refractivity contribution in [2.45, 2.75) is 63.2 Å². The molecule has 0 saturated carbocycles. The molecule has 1 atom stereocenters. The van der Waals surface area contributed by atoms with Crippen LogP contribution >= 0.6 is 0 Å². The zero-order chi connectivity index (χ0) is 20.8. The third-order valence-electron chi connectivity index (χ3n) is 4.52. The van der Waals surface area contributed by atoms with E-state index in [1.165, 1.54) is 12.1 Å². The van der Waals surface area contributed by atoms with Crippen molar-refractivity contribution in [1.29, 1.82) is 0 Å². The summed E-state index contributed by atoms with van der Waals surface area (Å²) in [6.07, 6.45) is 3.48. The van der Waals surface area contributed by atoms with Crippen molar-refractivity contribution in [3.63, 3.8) is 0 Å². The molecule has 2 aromatic rings. The molecule has 0 spiro atoms. The van der Waals surface area contributed by atoms with Crippen LogP contribution in [0.3, 0.4) is 0 Å². The normalized spacial score (nSPS) is 14.5. The van der Waals surface area contributed by atoms with E-state index in [0.29, 0.717) is 11.3 Å². The van der Waals surface area contributed by atoms with Crippen LogP contribution in [-0.2, 0) is 19.8 Å². The van der Waals surface area contributed by atoms with Gasteiger partial charge in [-0.15, -0.1) is 0 Å². The Hall–Kier alpha value is -1.92. The summed E-state index contributed by atoms with van der Waals surface area (Å²) in [4.78, 5) is 0.467. The fourth-order valence-electron chi connectivity index (χ4n) is 2.71.